The number of hydrogen-bond acceptors (Lipinski definition) is 6. The van der Waals surface area contributed by atoms with Crippen LogP contribution in [-0.4, -0.2) is 77.8 Å². The van der Waals surface area contributed by atoms with Crippen molar-refractivity contribution in [2.45, 2.75) is 49.9 Å². The highest BCUT2D eigenvalue weighted by Crippen LogP contribution is 2.38. The van der Waals surface area contributed by atoms with Gasteiger partial charge in [-0.3, -0.25) is 9.88 Å². The molecule has 3 aliphatic rings. The Morgan fingerprint density at radius 3 is 2.57 bits per heavy atom. The zero-order valence-corrected chi connectivity index (χ0v) is 16.1. The minimum absolute atomic E-state index is 0.0573. The number of sulfonamides is 1. The van der Waals surface area contributed by atoms with E-state index < -0.39 is 28.4 Å². The van der Waals surface area contributed by atoms with Crippen LogP contribution in [0.2, 0.25) is 0 Å². The van der Waals surface area contributed by atoms with E-state index in [1.807, 2.05) is 0 Å². The molecule has 1 aromatic rings. The molecule has 11 heteroatoms. The van der Waals surface area contributed by atoms with Gasteiger partial charge in [0, 0.05) is 44.6 Å². The van der Waals surface area contributed by atoms with Crippen LogP contribution in [0.15, 0.2) is 12.4 Å². The van der Waals surface area contributed by atoms with E-state index in [-0.39, 0.29) is 25.2 Å². The molecule has 1 aliphatic carbocycles. The lowest BCUT2D eigenvalue weighted by Crippen LogP contribution is -2.52. The van der Waals surface area contributed by atoms with Crippen molar-refractivity contribution in [1.29, 1.82) is 0 Å². The number of piperazine rings is 1. The molecule has 0 aromatic carbocycles. The summed E-state index contributed by atoms with van der Waals surface area (Å²) in [5.41, 5.74) is 0.982. The van der Waals surface area contributed by atoms with E-state index in [1.54, 1.807) is 12.4 Å². The van der Waals surface area contributed by atoms with Gasteiger partial charge in [-0.25, -0.2) is 13.4 Å². The summed E-state index contributed by atoms with van der Waals surface area (Å²) in [4.78, 5) is 10.8. The molecule has 0 spiro atoms. The van der Waals surface area contributed by atoms with Crippen LogP contribution in [0.1, 0.15) is 37.3 Å². The molecule has 156 valence electrons. The summed E-state index contributed by atoms with van der Waals surface area (Å²) >= 11 is 0. The molecule has 0 bridgehead atoms. The van der Waals surface area contributed by atoms with Crippen molar-refractivity contribution in [3.05, 3.63) is 18.1 Å². The fourth-order valence-electron chi connectivity index (χ4n) is 3.83. The molecule has 7 nitrogen and oxygen atoms in total. The molecule has 3 heterocycles. The number of alkyl halides is 3. The first kappa shape index (κ1) is 19.8. The molecule has 2 atom stereocenters. The van der Waals surface area contributed by atoms with E-state index >= 15 is 0 Å². The van der Waals surface area contributed by atoms with Crippen LogP contribution in [-0.2, 0) is 10.0 Å². The maximum Gasteiger partial charge on any atom is 0.390 e. The molecular weight excluding hydrogens is 397 g/mol. The van der Waals surface area contributed by atoms with Gasteiger partial charge >= 0.3 is 6.18 Å². The van der Waals surface area contributed by atoms with Crippen LogP contribution in [0.5, 0.6) is 5.88 Å². The third-order valence-corrected chi connectivity index (χ3v) is 7.35. The molecule has 28 heavy (non-hydrogen) atoms. The first-order chi connectivity index (χ1) is 13.2. The number of fused-ring (bicyclic) bond motifs is 1. The third-order valence-electron chi connectivity index (χ3n) is 5.51. The van der Waals surface area contributed by atoms with Crippen molar-refractivity contribution in [2.24, 2.45) is 0 Å². The summed E-state index contributed by atoms with van der Waals surface area (Å²) in [5.74, 6) is 0.0719. The van der Waals surface area contributed by atoms with Gasteiger partial charge in [-0.1, -0.05) is 0 Å². The topological polar surface area (TPSA) is 75.6 Å². The van der Waals surface area contributed by atoms with Crippen molar-refractivity contribution in [1.82, 2.24) is 19.2 Å². The van der Waals surface area contributed by atoms with Crippen molar-refractivity contribution in [3.63, 3.8) is 0 Å². The smallest absolute Gasteiger partial charge is 0.390 e. The Hall–Kier alpha value is -1.46. The molecule has 3 fully saturated rings. The summed E-state index contributed by atoms with van der Waals surface area (Å²) in [5, 5.41) is 0. The standard InChI is InChI=1S/C17H23F3N4O3S/c18-17(19,20)3-6-28(25,26)24-5-4-23-11-14(7-13(23)10-24)27-16-9-21-15(8-22-16)12-1-2-12/h8-9,12-14H,1-7,10-11H2/t13-,14-/m0/s1. The molecule has 0 unspecified atom stereocenters. The number of rotatable bonds is 6. The normalized spacial score (nSPS) is 27.0. The first-order valence-electron chi connectivity index (χ1n) is 9.47. The van der Waals surface area contributed by atoms with E-state index in [9.17, 15) is 21.6 Å². The van der Waals surface area contributed by atoms with Gasteiger partial charge in [0.05, 0.1) is 30.3 Å². The average molecular weight is 420 g/mol. The van der Waals surface area contributed by atoms with Gasteiger partial charge in [-0.2, -0.15) is 17.5 Å². The lowest BCUT2D eigenvalue weighted by atomic mass is 10.2. The molecule has 0 radical (unpaired) electrons. The van der Waals surface area contributed by atoms with Crippen molar-refractivity contribution in [3.8, 4) is 5.88 Å². The Bertz CT molecular complexity index is 799. The van der Waals surface area contributed by atoms with Crippen molar-refractivity contribution in [2.75, 3.05) is 31.9 Å². The zero-order valence-electron chi connectivity index (χ0n) is 15.3. The van der Waals surface area contributed by atoms with Gasteiger partial charge in [-0.15, -0.1) is 0 Å². The fourth-order valence-corrected chi connectivity index (χ4v) is 5.33. The fraction of sp³-hybridized carbons (Fsp3) is 0.765. The van der Waals surface area contributed by atoms with Crippen LogP contribution in [0.3, 0.4) is 0 Å². The van der Waals surface area contributed by atoms with E-state index in [0.717, 1.165) is 18.5 Å². The number of aromatic nitrogens is 2. The minimum atomic E-state index is -4.47. The van der Waals surface area contributed by atoms with Crippen molar-refractivity contribution < 1.29 is 26.3 Å². The number of nitrogens with zero attached hydrogens (tertiary/aromatic N) is 4. The van der Waals surface area contributed by atoms with Gasteiger partial charge in [0.25, 0.3) is 0 Å². The van der Waals surface area contributed by atoms with Gasteiger partial charge in [0.1, 0.15) is 6.10 Å². The molecular formula is C17H23F3N4O3S. The second kappa shape index (κ2) is 7.42. The Kier molecular flexibility index (Phi) is 5.25. The number of ether oxygens (including phenoxy) is 1. The summed E-state index contributed by atoms with van der Waals surface area (Å²) in [7, 11) is -3.92. The Morgan fingerprint density at radius 1 is 1.14 bits per heavy atom. The van der Waals surface area contributed by atoms with Gasteiger partial charge in [0.2, 0.25) is 15.9 Å². The second-order valence-corrected chi connectivity index (χ2v) is 9.81. The lowest BCUT2D eigenvalue weighted by molar-refractivity contribution is -0.130. The highest BCUT2D eigenvalue weighted by atomic mass is 32.2. The molecule has 0 N–H and O–H groups in total. The highest BCUT2D eigenvalue weighted by Gasteiger charge is 2.41. The molecule has 2 saturated heterocycles. The summed E-state index contributed by atoms with van der Waals surface area (Å²) in [6, 6.07) is -0.0573. The van der Waals surface area contributed by atoms with Crippen molar-refractivity contribution >= 4 is 10.0 Å². The summed E-state index contributed by atoms with van der Waals surface area (Å²) < 4.78 is 68.7. The Balaban J connectivity index is 1.31. The van der Waals surface area contributed by atoms with E-state index in [1.165, 1.54) is 4.31 Å². The lowest BCUT2D eigenvalue weighted by Gasteiger charge is -2.36. The maximum atomic E-state index is 12.4. The molecule has 4 rings (SSSR count). The summed E-state index contributed by atoms with van der Waals surface area (Å²) in [6.07, 6.45) is 0.343. The van der Waals surface area contributed by atoms with Crippen LogP contribution in [0.4, 0.5) is 13.2 Å². The summed E-state index contributed by atoms with van der Waals surface area (Å²) in [6.45, 7) is 1.54. The minimum Gasteiger partial charge on any atom is -0.472 e. The SMILES string of the molecule is O=S(=O)(CCC(F)(F)F)N1CCN2C[C@@H](Oc3cnc(C4CC4)cn3)C[C@H]2C1. The maximum absolute atomic E-state index is 12.4. The second-order valence-electron chi connectivity index (χ2n) is 7.72. The predicted molar refractivity (Wildman–Crippen MR) is 94.4 cm³/mol. The van der Waals surface area contributed by atoms with Crippen LogP contribution in [0.25, 0.3) is 0 Å². The highest BCUT2D eigenvalue weighted by molar-refractivity contribution is 7.89. The molecule has 1 aromatic heterocycles. The predicted octanol–water partition coefficient (Wildman–Crippen LogP) is 1.77. The quantitative estimate of drug-likeness (QED) is 0.698. The zero-order chi connectivity index (χ0) is 19.9. The number of hydrogen-bond donors (Lipinski definition) is 0. The Morgan fingerprint density at radius 2 is 1.93 bits per heavy atom. The third kappa shape index (κ3) is 4.74. The monoisotopic (exact) mass is 420 g/mol. The Labute approximate surface area is 161 Å². The van der Waals surface area contributed by atoms with Gasteiger partial charge < -0.3 is 4.74 Å². The van der Waals surface area contributed by atoms with Crippen LogP contribution < -0.4 is 4.74 Å². The number of halogens is 3. The van der Waals surface area contributed by atoms with E-state index in [2.05, 4.69) is 14.9 Å². The van der Waals surface area contributed by atoms with E-state index in [0.29, 0.717) is 31.3 Å². The van der Waals surface area contributed by atoms with Gasteiger partial charge in [0.15, 0.2) is 0 Å². The molecule has 2 aliphatic heterocycles. The first-order valence-corrected chi connectivity index (χ1v) is 11.1. The van der Waals surface area contributed by atoms with Crippen LogP contribution in [0, 0.1) is 0 Å². The molecule has 1 saturated carbocycles. The van der Waals surface area contributed by atoms with Gasteiger partial charge in [-0.05, 0) is 12.8 Å². The molecule has 0 amide bonds. The van der Waals surface area contributed by atoms with Crippen LogP contribution >= 0.6 is 0 Å². The average Bonchev–Trinajstić information content (AvgIpc) is 3.40. The largest absolute Gasteiger partial charge is 0.472 e. The van der Waals surface area contributed by atoms with E-state index in [4.69, 9.17) is 4.74 Å².